The third-order valence-corrected chi connectivity index (χ3v) is 3.56. The molecule has 1 heteroatoms. The maximum absolute atomic E-state index is 3.82. The quantitative estimate of drug-likeness (QED) is 0.380. The van der Waals surface area contributed by atoms with E-state index in [4.69, 9.17) is 0 Å². The molecule has 1 radical (unpaired) electrons. The summed E-state index contributed by atoms with van der Waals surface area (Å²) in [6.07, 6.45) is 18.2. The van der Waals surface area contributed by atoms with Gasteiger partial charge in [0.15, 0.2) is 0 Å². The van der Waals surface area contributed by atoms with Crippen LogP contribution in [-0.4, -0.2) is 13.1 Å². The van der Waals surface area contributed by atoms with Crippen molar-refractivity contribution >= 4 is 0 Å². The Balaban J connectivity index is 2.86. The van der Waals surface area contributed by atoms with Crippen LogP contribution < -0.4 is 5.32 Å². The van der Waals surface area contributed by atoms with Crippen molar-refractivity contribution in [1.82, 2.24) is 5.32 Å². The molecule has 0 amide bonds. The fourth-order valence-corrected chi connectivity index (χ4v) is 2.34. The zero-order chi connectivity index (χ0) is 13.3. The average Bonchev–Trinajstić information content (AvgIpc) is 2.39. The molecule has 0 bridgehead atoms. The molecule has 0 heterocycles. The van der Waals surface area contributed by atoms with Gasteiger partial charge in [0.25, 0.3) is 0 Å². The second-order valence-electron chi connectivity index (χ2n) is 5.49. The van der Waals surface area contributed by atoms with Gasteiger partial charge in [-0.05, 0) is 25.9 Å². The lowest BCUT2D eigenvalue weighted by Gasteiger charge is -2.03. The highest BCUT2D eigenvalue weighted by atomic mass is 14.8. The molecule has 0 aliphatic heterocycles. The van der Waals surface area contributed by atoms with Crippen molar-refractivity contribution in [2.24, 2.45) is 0 Å². The lowest BCUT2D eigenvalue weighted by molar-refractivity contribution is 0.536. The molecule has 0 saturated heterocycles. The molecule has 1 N–H and O–H groups in total. The van der Waals surface area contributed by atoms with Crippen molar-refractivity contribution in [3.8, 4) is 0 Å². The molecule has 0 aromatic rings. The molecule has 1 nitrogen and oxygen atoms in total. The first kappa shape index (κ1) is 18.0. The van der Waals surface area contributed by atoms with Crippen LogP contribution in [0.2, 0.25) is 0 Å². The largest absolute Gasteiger partial charge is 0.317 e. The third kappa shape index (κ3) is 16.0. The smallest absolute Gasteiger partial charge is 0.00489 e. The van der Waals surface area contributed by atoms with Crippen molar-refractivity contribution in [2.45, 2.75) is 90.4 Å². The van der Waals surface area contributed by atoms with Gasteiger partial charge in [0, 0.05) is 0 Å². The number of hydrogen-bond donors (Lipinski definition) is 1. The van der Waals surface area contributed by atoms with Crippen molar-refractivity contribution in [1.29, 1.82) is 0 Å². The maximum atomic E-state index is 3.82. The van der Waals surface area contributed by atoms with Gasteiger partial charge in [-0.25, -0.2) is 0 Å². The van der Waals surface area contributed by atoms with Crippen LogP contribution >= 0.6 is 0 Å². The Bertz CT molecular complexity index is 118. The molecule has 0 aliphatic carbocycles. The third-order valence-electron chi connectivity index (χ3n) is 3.56. The SMILES string of the molecule is [CH2]CCNCCCCCCCCCCCCCC. The normalized spacial score (nSPS) is 11.0. The second kappa shape index (κ2) is 17.0. The molecule has 0 atom stereocenters. The molecule has 0 spiro atoms. The minimum absolute atomic E-state index is 1.01. The van der Waals surface area contributed by atoms with Gasteiger partial charge in [0.2, 0.25) is 0 Å². The lowest BCUT2D eigenvalue weighted by Crippen LogP contribution is -2.15. The van der Waals surface area contributed by atoms with Gasteiger partial charge < -0.3 is 5.32 Å². The maximum Gasteiger partial charge on any atom is -0.00489 e. The van der Waals surface area contributed by atoms with Crippen molar-refractivity contribution in [3.05, 3.63) is 6.92 Å². The minimum atomic E-state index is 1.01. The summed E-state index contributed by atoms with van der Waals surface area (Å²) in [5, 5.41) is 3.41. The Kier molecular flexibility index (Phi) is 16.9. The molecule has 0 unspecified atom stereocenters. The van der Waals surface area contributed by atoms with Crippen LogP contribution in [-0.2, 0) is 0 Å². The second-order valence-corrected chi connectivity index (χ2v) is 5.49. The van der Waals surface area contributed by atoms with Crippen LogP contribution in [0.4, 0.5) is 0 Å². The highest BCUT2D eigenvalue weighted by Gasteiger charge is 1.93. The summed E-state index contributed by atoms with van der Waals surface area (Å²) in [5.74, 6) is 0. The zero-order valence-corrected chi connectivity index (χ0v) is 12.8. The molecule has 0 aromatic heterocycles. The van der Waals surface area contributed by atoms with Gasteiger partial charge in [-0.1, -0.05) is 84.5 Å². The lowest BCUT2D eigenvalue weighted by atomic mass is 10.1. The van der Waals surface area contributed by atoms with Gasteiger partial charge >= 0.3 is 0 Å². The summed E-state index contributed by atoms with van der Waals surface area (Å²) in [7, 11) is 0. The Morgan fingerprint density at radius 1 is 0.611 bits per heavy atom. The standard InChI is InChI=1S/C17H36N/c1-3-5-6-7-8-9-10-11-12-13-14-15-17-18-16-4-2/h18H,2-17H2,1H3. The first-order valence-corrected chi connectivity index (χ1v) is 8.41. The Morgan fingerprint density at radius 3 is 1.50 bits per heavy atom. The van der Waals surface area contributed by atoms with Crippen LogP contribution in [0, 0.1) is 6.92 Å². The van der Waals surface area contributed by atoms with Gasteiger partial charge in [-0.3, -0.25) is 0 Å². The molecule has 0 rings (SSSR count). The highest BCUT2D eigenvalue weighted by molar-refractivity contribution is 4.51. The number of unbranched alkanes of at least 4 members (excludes halogenated alkanes) is 11. The Labute approximate surface area is 116 Å². The first-order chi connectivity index (χ1) is 8.91. The van der Waals surface area contributed by atoms with E-state index >= 15 is 0 Å². The van der Waals surface area contributed by atoms with Crippen LogP contribution in [0.25, 0.3) is 0 Å². The van der Waals surface area contributed by atoms with E-state index in [9.17, 15) is 0 Å². The van der Waals surface area contributed by atoms with Crippen molar-refractivity contribution < 1.29 is 0 Å². The molecule has 0 aromatic carbocycles. The van der Waals surface area contributed by atoms with E-state index in [-0.39, 0.29) is 0 Å². The molecule has 0 aliphatic rings. The summed E-state index contributed by atoms with van der Waals surface area (Å²) >= 11 is 0. The van der Waals surface area contributed by atoms with E-state index in [1.807, 2.05) is 0 Å². The summed E-state index contributed by atoms with van der Waals surface area (Å²) in [4.78, 5) is 0. The highest BCUT2D eigenvalue weighted by Crippen LogP contribution is 2.11. The Morgan fingerprint density at radius 2 is 1.06 bits per heavy atom. The summed E-state index contributed by atoms with van der Waals surface area (Å²) < 4.78 is 0. The topological polar surface area (TPSA) is 12.0 Å². The van der Waals surface area contributed by atoms with Gasteiger partial charge in [0.05, 0.1) is 0 Å². The molecule has 0 fully saturated rings. The van der Waals surface area contributed by atoms with Gasteiger partial charge in [-0.15, -0.1) is 0 Å². The summed E-state index contributed by atoms with van der Waals surface area (Å²) in [6, 6.07) is 0. The van der Waals surface area contributed by atoms with Crippen molar-refractivity contribution in [2.75, 3.05) is 13.1 Å². The van der Waals surface area contributed by atoms with E-state index in [0.29, 0.717) is 0 Å². The van der Waals surface area contributed by atoms with Crippen LogP contribution in [0.3, 0.4) is 0 Å². The number of hydrogen-bond acceptors (Lipinski definition) is 1. The fourth-order valence-electron chi connectivity index (χ4n) is 2.34. The van der Waals surface area contributed by atoms with Crippen molar-refractivity contribution in [3.63, 3.8) is 0 Å². The van der Waals surface area contributed by atoms with Gasteiger partial charge in [-0.2, -0.15) is 0 Å². The van der Waals surface area contributed by atoms with Crippen LogP contribution in [0.1, 0.15) is 90.4 Å². The van der Waals surface area contributed by atoms with Gasteiger partial charge in [0.1, 0.15) is 0 Å². The Hall–Kier alpha value is -0.0400. The predicted molar refractivity (Wildman–Crippen MR) is 83.9 cm³/mol. The van der Waals surface area contributed by atoms with E-state index in [0.717, 1.165) is 13.0 Å². The fraction of sp³-hybridized carbons (Fsp3) is 0.941. The molecule has 18 heavy (non-hydrogen) atoms. The molecular formula is C17H36N. The molecular weight excluding hydrogens is 218 g/mol. The average molecular weight is 254 g/mol. The monoisotopic (exact) mass is 254 g/mol. The number of rotatable bonds is 15. The summed E-state index contributed by atoms with van der Waals surface area (Å²) in [6.45, 7) is 8.38. The van der Waals surface area contributed by atoms with Crippen LogP contribution in [0.5, 0.6) is 0 Å². The van der Waals surface area contributed by atoms with E-state index in [1.165, 1.54) is 83.6 Å². The molecule has 0 saturated carbocycles. The van der Waals surface area contributed by atoms with E-state index < -0.39 is 0 Å². The minimum Gasteiger partial charge on any atom is -0.317 e. The zero-order valence-electron chi connectivity index (χ0n) is 12.8. The van der Waals surface area contributed by atoms with E-state index in [1.54, 1.807) is 0 Å². The first-order valence-electron chi connectivity index (χ1n) is 8.41. The molecule has 109 valence electrons. The summed E-state index contributed by atoms with van der Waals surface area (Å²) in [5.41, 5.74) is 0. The van der Waals surface area contributed by atoms with Crippen LogP contribution in [0.15, 0.2) is 0 Å². The predicted octanol–water partition coefficient (Wildman–Crippen LogP) is 5.50. The van der Waals surface area contributed by atoms with E-state index in [2.05, 4.69) is 19.2 Å². The number of nitrogens with one attached hydrogen (secondary N) is 1.